The molecule has 2 aliphatic rings. The van der Waals surface area contributed by atoms with Gasteiger partial charge < -0.3 is 29.7 Å². The Morgan fingerprint density at radius 3 is 2.42 bits per heavy atom. The predicted molar refractivity (Wildman–Crippen MR) is 144 cm³/mol. The molecule has 2 aromatic rings. The van der Waals surface area contributed by atoms with E-state index >= 15 is 0 Å². The van der Waals surface area contributed by atoms with Crippen LogP contribution in [0.5, 0.6) is 11.5 Å². The lowest BCUT2D eigenvalue weighted by Crippen LogP contribution is -2.76. The summed E-state index contributed by atoms with van der Waals surface area (Å²) in [6.07, 6.45) is -0.642. The van der Waals surface area contributed by atoms with Crippen LogP contribution in [0, 0.1) is 0 Å². The fraction of sp³-hybridized carbons (Fsp3) is 0.429. The molecule has 4 amide bonds. The third kappa shape index (κ3) is 6.28. The number of carbonyl (C=O) groups is 4. The number of hydrogen-bond donors (Lipinski definition) is 2. The molecule has 2 N–H and O–H groups in total. The van der Waals surface area contributed by atoms with Crippen LogP contribution in [0.4, 0.5) is 4.79 Å². The summed E-state index contributed by atoms with van der Waals surface area (Å²) >= 11 is 0. The maximum atomic E-state index is 13.6. The van der Waals surface area contributed by atoms with Gasteiger partial charge in [0.05, 0.1) is 27.3 Å². The number of carboxylic acid groups (broad SMARTS) is 1. The number of aliphatic carboxylic acids is 1. The largest absolute Gasteiger partial charge is 0.493 e. The molecule has 2 aromatic carbocycles. The summed E-state index contributed by atoms with van der Waals surface area (Å²) in [5.74, 6) is -0.573. The van der Waals surface area contributed by atoms with Gasteiger partial charge in [0, 0.05) is 26.6 Å². The van der Waals surface area contributed by atoms with Crippen LogP contribution < -0.4 is 14.8 Å². The predicted octanol–water partition coefficient (Wildman–Crippen LogP) is 1.55. The van der Waals surface area contributed by atoms with Crippen molar-refractivity contribution in [3.63, 3.8) is 0 Å². The Bertz CT molecular complexity index is 1240. The molecule has 2 heterocycles. The van der Waals surface area contributed by atoms with Crippen molar-refractivity contribution in [2.24, 2.45) is 0 Å². The van der Waals surface area contributed by atoms with Crippen molar-refractivity contribution in [1.29, 1.82) is 0 Å². The maximum Gasteiger partial charge on any atom is 0.334 e. The Morgan fingerprint density at radius 2 is 1.75 bits per heavy atom. The fourth-order valence-electron chi connectivity index (χ4n) is 5.20. The molecule has 0 aromatic heterocycles. The van der Waals surface area contributed by atoms with E-state index in [1.807, 2.05) is 42.5 Å². The lowest BCUT2D eigenvalue weighted by Gasteiger charge is -2.54. The number of ether oxygens (including phenoxy) is 2. The van der Waals surface area contributed by atoms with Gasteiger partial charge in [-0.25, -0.2) is 14.8 Å². The summed E-state index contributed by atoms with van der Waals surface area (Å²) in [5.41, 5.74) is 1.82. The molecule has 2 saturated heterocycles. The zero-order valence-electron chi connectivity index (χ0n) is 22.9. The number of methoxy groups -OCH3 is 2. The molecule has 1 unspecified atom stereocenters. The first-order valence-corrected chi connectivity index (χ1v) is 13.1. The molecule has 2 fully saturated rings. The minimum absolute atomic E-state index is 0.0492. The summed E-state index contributed by atoms with van der Waals surface area (Å²) in [7, 11) is 4.75. The number of carboxylic acids is 1. The van der Waals surface area contributed by atoms with Crippen LogP contribution in [0.2, 0.25) is 0 Å². The highest BCUT2D eigenvalue weighted by Gasteiger charge is 2.50. The topological polar surface area (TPSA) is 132 Å². The Kier molecular flexibility index (Phi) is 9.10. The van der Waals surface area contributed by atoms with E-state index in [-0.39, 0.29) is 44.3 Å². The van der Waals surface area contributed by atoms with Crippen LogP contribution in [-0.4, -0.2) is 102 Å². The van der Waals surface area contributed by atoms with Crippen LogP contribution in [0.25, 0.3) is 0 Å². The molecule has 4 rings (SSSR count). The quantitative estimate of drug-likeness (QED) is 0.453. The molecule has 0 saturated carbocycles. The van der Waals surface area contributed by atoms with Crippen LogP contribution in [0.3, 0.4) is 0 Å². The average Bonchev–Trinajstić information content (AvgIpc) is 2.94. The van der Waals surface area contributed by atoms with Crippen molar-refractivity contribution in [2.45, 2.75) is 38.0 Å². The Labute approximate surface area is 233 Å². The highest BCUT2D eigenvalue weighted by atomic mass is 16.5. The first-order chi connectivity index (χ1) is 19.2. The number of urea groups is 1. The summed E-state index contributed by atoms with van der Waals surface area (Å²) in [6, 6.07) is 13.5. The number of nitrogens with one attached hydrogen (secondary N) is 1. The lowest BCUT2D eigenvalue weighted by atomic mass is 10.0. The molecule has 2 atom stereocenters. The lowest BCUT2D eigenvalue weighted by molar-refractivity contribution is -0.187. The van der Waals surface area contributed by atoms with Crippen molar-refractivity contribution in [1.82, 2.24) is 25.1 Å². The summed E-state index contributed by atoms with van der Waals surface area (Å²) in [4.78, 5) is 54.6. The number of likely N-dealkylation sites (N-methyl/N-ethyl adjacent to an activating group) is 1. The first kappa shape index (κ1) is 28.7. The van der Waals surface area contributed by atoms with E-state index in [1.165, 1.54) is 9.91 Å². The third-order valence-electron chi connectivity index (χ3n) is 7.18. The fourth-order valence-corrected chi connectivity index (χ4v) is 5.20. The van der Waals surface area contributed by atoms with Gasteiger partial charge in [-0.3, -0.25) is 14.4 Å². The van der Waals surface area contributed by atoms with E-state index in [1.54, 1.807) is 37.2 Å². The van der Waals surface area contributed by atoms with E-state index in [4.69, 9.17) is 9.47 Å². The maximum absolute atomic E-state index is 13.6. The molecule has 0 aliphatic carbocycles. The van der Waals surface area contributed by atoms with Gasteiger partial charge in [0.2, 0.25) is 11.8 Å². The van der Waals surface area contributed by atoms with Crippen LogP contribution in [0.1, 0.15) is 24.0 Å². The molecule has 12 nitrogen and oxygen atoms in total. The SMILES string of the molecule is COc1ccc(CCN2C[C@H]3N(C(=O)CN(C)N3C(=O)NCc3ccccc3)C(CCC(=O)O)C2=O)cc1OC. The Hall–Kier alpha value is -4.32. The van der Waals surface area contributed by atoms with E-state index in [9.17, 15) is 24.3 Å². The molecular weight excluding hydrogens is 518 g/mol. The monoisotopic (exact) mass is 553 g/mol. The number of fused-ring (bicyclic) bond motifs is 1. The molecule has 0 radical (unpaired) electrons. The summed E-state index contributed by atoms with van der Waals surface area (Å²) < 4.78 is 10.7. The second kappa shape index (κ2) is 12.7. The number of carbonyl (C=O) groups excluding carboxylic acids is 3. The van der Waals surface area contributed by atoms with Crippen LogP contribution in [0.15, 0.2) is 48.5 Å². The van der Waals surface area contributed by atoms with E-state index < -0.39 is 24.2 Å². The normalized spacial score (nSPS) is 19.3. The first-order valence-electron chi connectivity index (χ1n) is 13.1. The van der Waals surface area contributed by atoms with E-state index in [0.29, 0.717) is 24.5 Å². The van der Waals surface area contributed by atoms with Crippen molar-refractivity contribution in [3.8, 4) is 11.5 Å². The van der Waals surface area contributed by atoms with E-state index in [0.717, 1.165) is 11.1 Å². The van der Waals surface area contributed by atoms with Crippen molar-refractivity contribution < 1.29 is 33.8 Å². The van der Waals surface area contributed by atoms with Gasteiger partial charge in [-0.05, 0) is 36.1 Å². The number of rotatable bonds is 10. The second-order valence-electron chi connectivity index (χ2n) is 9.76. The van der Waals surface area contributed by atoms with Gasteiger partial charge in [-0.15, -0.1) is 0 Å². The van der Waals surface area contributed by atoms with E-state index in [2.05, 4.69) is 5.32 Å². The molecular formula is C28H35N5O7. The summed E-state index contributed by atoms with van der Waals surface area (Å²) in [5, 5.41) is 15.2. The Balaban J connectivity index is 1.57. The zero-order valence-corrected chi connectivity index (χ0v) is 22.9. The van der Waals surface area contributed by atoms with Gasteiger partial charge in [0.1, 0.15) is 12.2 Å². The smallest absolute Gasteiger partial charge is 0.334 e. The van der Waals surface area contributed by atoms with Crippen molar-refractivity contribution >= 4 is 23.8 Å². The number of piperazine rings is 1. The van der Waals surface area contributed by atoms with Crippen LogP contribution in [-0.2, 0) is 27.3 Å². The Morgan fingerprint density at radius 1 is 1.02 bits per heavy atom. The van der Waals surface area contributed by atoms with Gasteiger partial charge in [0.25, 0.3) is 0 Å². The third-order valence-corrected chi connectivity index (χ3v) is 7.18. The molecule has 40 heavy (non-hydrogen) atoms. The van der Waals surface area contributed by atoms with Crippen molar-refractivity contribution in [3.05, 3.63) is 59.7 Å². The average molecular weight is 554 g/mol. The summed E-state index contributed by atoms with van der Waals surface area (Å²) in [6.45, 7) is 0.566. The highest BCUT2D eigenvalue weighted by molar-refractivity contribution is 5.91. The number of amides is 4. The molecule has 12 heteroatoms. The minimum atomic E-state index is -1.06. The van der Waals surface area contributed by atoms with Crippen molar-refractivity contribution in [2.75, 3.05) is 40.9 Å². The minimum Gasteiger partial charge on any atom is -0.493 e. The number of hydrogen-bond acceptors (Lipinski definition) is 7. The number of nitrogens with zero attached hydrogens (tertiary/aromatic N) is 4. The zero-order chi connectivity index (χ0) is 28.8. The van der Waals surface area contributed by atoms with Gasteiger partial charge in [-0.1, -0.05) is 36.4 Å². The second-order valence-corrected chi connectivity index (χ2v) is 9.76. The molecule has 2 aliphatic heterocycles. The van der Waals surface area contributed by atoms with Crippen LogP contribution >= 0.6 is 0 Å². The molecule has 0 spiro atoms. The molecule has 0 bridgehead atoms. The number of benzene rings is 2. The van der Waals surface area contributed by atoms with Gasteiger partial charge >= 0.3 is 12.0 Å². The molecule has 214 valence electrons. The standard InChI is InChI=1S/C28H35N5O7/c1-30-18-25(34)32-21(10-12-26(35)36)27(37)31(14-13-19-9-11-22(39-2)23(15-19)40-3)17-24(32)33(30)28(38)29-16-20-7-5-4-6-8-20/h4-9,11,15,21,24H,10,12-14,16-18H2,1-3H3,(H,29,38)(H,35,36)/t21?,24-/m0/s1. The highest BCUT2D eigenvalue weighted by Crippen LogP contribution is 2.30. The van der Waals surface area contributed by atoms with Gasteiger partial charge in [-0.2, -0.15) is 0 Å². The van der Waals surface area contributed by atoms with Gasteiger partial charge in [0.15, 0.2) is 11.5 Å². The number of hydrazine groups is 1.